The molecule has 0 amide bonds. The summed E-state index contributed by atoms with van der Waals surface area (Å²) in [5.41, 5.74) is 2.11. The Hall–Kier alpha value is -0.980. The highest BCUT2D eigenvalue weighted by Gasteiger charge is 1.91. The summed E-state index contributed by atoms with van der Waals surface area (Å²) in [6.07, 6.45) is 5.93. The van der Waals surface area contributed by atoms with Gasteiger partial charge in [0, 0.05) is 11.4 Å². The zero-order valence-electron chi connectivity index (χ0n) is 6.94. The monoisotopic (exact) mass is 137 g/mol. The normalized spacial score (nSPS) is 14.7. The number of dihydropyridines is 1. The molecule has 0 fully saturated rings. The fraction of sp³-hybridized carbons (Fsp3) is 0.333. The van der Waals surface area contributed by atoms with E-state index >= 15 is 0 Å². The molecule has 0 saturated heterocycles. The lowest BCUT2D eigenvalue weighted by molar-refractivity contribution is 0.996. The van der Waals surface area contributed by atoms with Crippen LogP contribution >= 0.6 is 0 Å². The molecule has 0 radical (unpaired) electrons. The largest absolute Gasteiger partial charge is 0.360 e. The van der Waals surface area contributed by atoms with Crippen LogP contribution in [0.5, 0.6) is 0 Å². The van der Waals surface area contributed by atoms with Gasteiger partial charge in [0.2, 0.25) is 0 Å². The van der Waals surface area contributed by atoms with Gasteiger partial charge in [-0.15, -0.1) is 0 Å². The molecule has 0 aromatic heterocycles. The third-order valence-electron chi connectivity index (χ3n) is 1.00. The summed E-state index contributed by atoms with van der Waals surface area (Å²) in [6.45, 7) is 9.73. The maximum atomic E-state index is 3.73. The van der Waals surface area contributed by atoms with Crippen molar-refractivity contribution in [3.05, 3.63) is 36.2 Å². The Morgan fingerprint density at radius 2 is 2.00 bits per heavy atom. The first kappa shape index (κ1) is 9.02. The fourth-order valence-electron chi connectivity index (χ4n) is 0.645. The van der Waals surface area contributed by atoms with Gasteiger partial charge in [0.15, 0.2) is 0 Å². The van der Waals surface area contributed by atoms with E-state index < -0.39 is 0 Å². The highest BCUT2D eigenvalue weighted by atomic mass is 14.9. The van der Waals surface area contributed by atoms with Gasteiger partial charge in [-0.1, -0.05) is 26.5 Å². The Labute approximate surface area is 63.1 Å². The number of nitrogens with one attached hydrogen (secondary N) is 1. The minimum atomic E-state index is 0.963. The molecular formula is C9H15N. The molecule has 0 bridgehead atoms. The first-order chi connectivity index (χ1) is 4.79. The summed E-state index contributed by atoms with van der Waals surface area (Å²) in [7, 11) is 0. The van der Waals surface area contributed by atoms with Gasteiger partial charge in [-0.2, -0.15) is 0 Å². The van der Waals surface area contributed by atoms with Crippen LogP contribution in [0.15, 0.2) is 36.2 Å². The fourth-order valence-corrected chi connectivity index (χ4v) is 0.645. The molecular weight excluding hydrogens is 122 g/mol. The van der Waals surface area contributed by atoms with Crippen molar-refractivity contribution in [3.8, 4) is 0 Å². The minimum Gasteiger partial charge on any atom is -0.360 e. The van der Waals surface area contributed by atoms with E-state index in [9.17, 15) is 0 Å². The zero-order chi connectivity index (χ0) is 7.98. The molecule has 0 aliphatic carbocycles. The van der Waals surface area contributed by atoms with Crippen molar-refractivity contribution >= 4 is 0 Å². The maximum absolute atomic E-state index is 3.73. The van der Waals surface area contributed by atoms with Crippen LogP contribution in [-0.4, -0.2) is 0 Å². The van der Waals surface area contributed by atoms with Crippen LogP contribution in [0.2, 0.25) is 0 Å². The third kappa shape index (κ3) is 3.13. The van der Waals surface area contributed by atoms with Gasteiger partial charge in [-0.25, -0.2) is 0 Å². The van der Waals surface area contributed by atoms with E-state index in [1.54, 1.807) is 0 Å². The van der Waals surface area contributed by atoms with Crippen LogP contribution in [0.3, 0.4) is 0 Å². The molecule has 0 saturated carbocycles. The second-order valence-corrected chi connectivity index (χ2v) is 1.86. The van der Waals surface area contributed by atoms with Crippen molar-refractivity contribution in [2.24, 2.45) is 0 Å². The maximum Gasteiger partial charge on any atom is 0.0308 e. The van der Waals surface area contributed by atoms with Gasteiger partial charge in [0.25, 0.3) is 0 Å². The number of hydrogen-bond acceptors (Lipinski definition) is 1. The van der Waals surface area contributed by atoms with Gasteiger partial charge in [0.1, 0.15) is 0 Å². The standard InChI is InChI=1S/C7H9N.C2H6/c1-6-4-3-5-7(2)8-6;1-2/h3-5,8H,1H2,2H3;1-2H3. The SMILES string of the molecule is C=C1C=CC=C(C)N1.CC. The third-order valence-corrected chi connectivity index (χ3v) is 1.00. The Balaban J connectivity index is 0.000000371. The smallest absolute Gasteiger partial charge is 0.0308 e. The molecule has 0 atom stereocenters. The van der Waals surface area contributed by atoms with Gasteiger partial charge in [-0.05, 0) is 19.1 Å². The van der Waals surface area contributed by atoms with Crippen LogP contribution in [-0.2, 0) is 0 Å². The molecule has 1 heterocycles. The molecule has 1 N–H and O–H groups in total. The second kappa shape index (κ2) is 4.86. The van der Waals surface area contributed by atoms with Crippen LogP contribution in [0.25, 0.3) is 0 Å². The van der Waals surface area contributed by atoms with Crippen LogP contribution in [0, 0.1) is 0 Å². The summed E-state index contributed by atoms with van der Waals surface area (Å²) in [5.74, 6) is 0. The van der Waals surface area contributed by atoms with Crippen molar-refractivity contribution in [1.29, 1.82) is 0 Å². The predicted octanol–water partition coefficient (Wildman–Crippen LogP) is 2.59. The van der Waals surface area contributed by atoms with E-state index in [1.807, 2.05) is 39.0 Å². The topological polar surface area (TPSA) is 12.0 Å². The molecule has 0 unspecified atom stereocenters. The molecule has 10 heavy (non-hydrogen) atoms. The summed E-state index contributed by atoms with van der Waals surface area (Å²) < 4.78 is 0. The lowest BCUT2D eigenvalue weighted by Gasteiger charge is -2.07. The molecule has 1 heteroatoms. The Kier molecular flexibility index (Phi) is 4.38. The van der Waals surface area contributed by atoms with Crippen molar-refractivity contribution in [1.82, 2.24) is 5.32 Å². The quantitative estimate of drug-likeness (QED) is 0.541. The average molecular weight is 137 g/mol. The van der Waals surface area contributed by atoms with Gasteiger partial charge >= 0.3 is 0 Å². The van der Waals surface area contributed by atoms with Gasteiger partial charge in [0.05, 0.1) is 0 Å². The van der Waals surface area contributed by atoms with E-state index in [4.69, 9.17) is 0 Å². The summed E-state index contributed by atoms with van der Waals surface area (Å²) in [5, 5.41) is 3.06. The van der Waals surface area contributed by atoms with E-state index in [0.717, 1.165) is 11.4 Å². The van der Waals surface area contributed by atoms with Crippen LogP contribution in [0.1, 0.15) is 20.8 Å². The molecule has 1 aliphatic heterocycles. The molecule has 1 nitrogen and oxygen atoms in total. The van der Waals surface area contributed by atoms with Crippen molar-refractivity contribution < 1.29 is 0 Å². The summed E-state index contributed by atoms with van der Waals surface area (Å²) >= 11 is 0. The highest BCUT2D eigenvalue weighted by Crippen LogP contribution is 2.00. The van der Waals surface area contributed by atoms with Crippen molar-refractivity contribution in [2.45, 2.75) is 20.8 Å². The molecule has 0 spiro atoms. The highest BCUT2D eigenvalue weighted by molar-refractivity contribution is 5.28. The van der Waals surface area contributed by atoms with E-state index in [2.05, 4.69) is 11.9 Å². The molecule has 0 aromatic rings. The van der Waals surface area contributed by atoms with Gasteiger partial charge in [-0.3, -0.25) is 0 Å². The number of rotatable bonds is 0. The Morgan fingerprint density at radius 1 is 1.40 bits per heavy atom. The molecule has 1 rings (SSSR count). The second-order valence-electron chi connectivity index (χ2n) is 1.86. The first-order valence-electron chi connectivity index (χ1n) is 3.60. The van der Waals surface area contributed by atoms with Crippen molar-refractivity contribution in [2.75, 3.05) is 0 Å². The minimum absolute atomic E-state index is 0.963. The number of allylic oxidation sites excluding steroid dienone is 4. The van der Waals surface area contributed by atoms with E-state index in [0.29, 0.717) is 0 Å². The molecule has 56 valence electrons. The average Bonchev–Trinajstić information content (AvgIpc) is 1.91. The van der Waals surface area contributed by atoms with E-state index in [1.165, 1.54) is 0 Å². The molecule has 0 aromatic carbocycles. The first-order valence-corrected chi connectivity index (χ1v) is 3.60. The van der Waals surface area contributed by atoms with E-state index in [-0.39, 0.29) is 0 Å². The van der Waals surface area contributed by atoms with Gasteiger partial charge < -0.3 is 5.32 Å². The Bertz CT molecular complexity index is 164. The Morgan fingerprint density at radius 3 is 2.30 bits per heavy atom. The summed E-state index contributed by atoms with van der Waals surface area (Å²) in [4.78, 5) is 0. The number of hydrogen-bond donors (Lipinski definition) is 1. The predicted molar refractivity (Wildman–Crippen MR) is 46.5 cm³/mol. The molecule has 1 aliphatic rings. The summed E-state index contributed by atoms with van der Waals surface area (Å²) in [6, 6.07) is 0. The lowest BCUT2D eigenvalue weighted by Crippen LogP contribution is -2.09. The van der Waals surface area contributed by atoms with Crippen LogP contribution < -0.4 is 5.32 Å². The zero-order valence-corrected chi connectivity index (χ0v) is 6.94. The lowest BCUT2D eigenvalue weighted by atomic mass is 10.3. The van der Waals surface area contributed by atoms with Crippen molar-refractivity contribution in [3.63, 3.8) is 0 Å². The van der Waals surface area contributed by atoms with Crippen LogP contribution in [0.4, 0.5) is 0 Å².